The lowest BCUT2D eigenvalue weighted by Crippen LogP contribution is -2.18. The van der Waals surface area contributed by atoms with Crippen molar-refractivity contribution in [3.63, 3.8) is 0 Å². The quantitative estimate of drug-likeness (QED) is 0.912. The second-order valence-electron chi connectivity index (χ2n) is 4.11. The Labute approximate surface area is 114 Å². The van der Waals surface area contributed by atoms with E-state index >= 15 is 0 Å². The molecule has 0 saturated carbocycles. The van der Waals surface area contributed by atoms with E-state index < -0.39 is 17.7 Å². The Balaban J connectivity index is 2.08. The molecule has 1 heterocycles. The zero-order valence-corrected chi connectivity index (χ0v) is 11.1. The van der Waals surface area contributed by atoms with Gasteiger partial charge in [-0.2, -0.15) is 0 Å². The summed E-state index contributed by atoms with van der Waals surface area (Å²) in [7, 11) is 0. The molecule has 19 heavy (non-hydrogen) atoms. The van der Waals surface area contributed by atoms with E-state index in [1.54, 1.807) is 12.1 Å². The highest BCUT2D eigenvalue weighted by Crippen LogP contribution is 2.26. The smallest absolute Gasteiger partial charge is 0.315 e. The molecule has 2 rings (SSSR count). The molecule has 0 amide bonds. The highest BCUT2D eigenvalue weighted by Gasteiger charge is 2.22. The topological polar surface area (TPSA) is 46.5 Å². The minimum absolute atomic E-state index is 0.0151. The van der Waals surface area contributed by atoms with Gasteiger partial charge in [-0.05, 0) is 31.2 Å². The average molecular weight is 280 g/mol. The summed E-state index contributed by atoms with van der Waals surface area (Å²) in [5, 5.41) is 9.22. The maximum atomic E-state index is 13.0. The fraction of sp³-hybridized carbons (Fsp3) is 0.214. The second kappa shape index (κ2) is 5.84. The van der Waals surface area contributed by atoms with Crippen molar-refractivity contribution in [2.24, 2.45) is 0 Å². The Morgan fingerprint density at radius 1 is 1.42 bits per heavy atom. The summed E-state index contributed by atoms with van der Waals surface area (Å²) in [4.78, 5) is 13.0. The largest absolute Gasteiger partial charge is 0.492 e. The minimum Gasteiger partial charge on any atom is -0.492 e. The molecular weight excluding hydrogens is 267 g/mol. The Morgan fingerprint density at radius 2 is 2.21 bits per heavy atom. The third-order valence-electron chi connectivity index (χ3n) is 2.62. The normalized spacial score (nSPS) is 12.1. The van der Waals surface area contributed by atoms with Gasteiger partial charge in [-0.1, -0.05) is 6.07 Å². The van der Waals surface area contributed by atoms with Crippen LogP contribution < -0.4 is 4.74 Å². The molecule has 1 aromatic carbocycles. The van der Waals surface area contributed by atoms with E-state index in [4.69, 9.17) is 4.74 Å². The first-order valence-electron chi connectivity index (χ1n) is 5.74. The molecule has 0 spiro atoms. The molecule has 0 bridgehead atoms. The highest BCUT2D eigenvalue weighted by molar-refractivity contribution is 7.12. The molecule has 0 fully saturated rings. The predicted molar refractivity (Wildman–Crippen MR) is 71.3 cm³/mol. The zero-order chi connectivity index (χ0) is 13.8. The lowest BCUT2D eigenvalue weighted by atomic mass is 10.1. The van der Waals surface area contributed by atoms with Gasteiger partial charge in [0.25, 0.3) is 0 Å². The molecule has 0 radical (unpaired) electrons. The van der Waals surface area contributed by atoms with Crippen molar-refractivity contribution in [2.45, 2.75) is 12.8 Å². The van der Waals surface area contributed by atoms with Crippen molar-refractivity contribution in [3.05, 3.63) is 52.0 Å². The predicted octanol–water partition coefficient (Wildman–Crippen LogP) is 3.44. The van der Waals surface area contributed by atoms with Gasteiger partial charge in [0, 0.05) is 15.8 Å². The van der Waals surface area contributed by atoms with Crippen LogP contribution in [0.3, 0.4) is 0 Å². The Bertz CT molecular complexity index is 580. The number of hydrogen-bond donors (Lipinski definition) is 1. The van der Waals surface area contributed by atoms with Gasteiger partial charge in [-0.15, -0.1) is 11.3 Å². The molecular formula is C14H13FO3S. The Morgan fingerprint density at radius 3 is 2.79 bits per heavy atom. The molecule has 1 N–H and O–H groups in total. The molecule has 1 atom stereocenters. The maximum absolute atomic E-state index is 13.0. The molecule has 3 nitrogen and oxygen atoms in total. The Kier molecular flexibility index (Phi) is 4.16. The van der Waals surface area contributed by atoms with Gasteiger partial charge in [0.15, 0.2) is 0 Å². The number of aryl methyl sites for hydroxylation is 1. The summed E-state index contributed by atoms with van der Waals surface area (Å²) in [6.45, 7) is 1.90. The van der Waals surface area contributed by atoms with Crippen LogP contribution in [0, 0.1) is 12.7 Å². The van der Waals surface area contributed by atoms with Crippen LogP contribution in [0.5, 0.6) is 5.75 Å². The number of halogens is 1. The molecule has 1 aromatic heterocycles. The molecule has 2 aromatic rings. The van der Waals surface area contributed by atoms with Gasteiger partial charge in [0.2, 0.25) is 0 Å². The van der Waals surface area contributed by atoms with Gasteiger partial charge < -0.3 is 9.84 Å². The third kappa shape index (κ3) is 3.54. The first-order valence-corrected chi connectivity index (χ1v) is 6.55. The van der Waals surface area contributed by atoms with E-state index in [9.17, 15) is 14.3 Å². The summed E-state index contributed by atoms with van der Waals surface area (Å²) in [6, 6.07) is 9.33. The molecule has 5 heteroatoms. The number of rotatable bonds is 5. The number of benzene rings is 1. The number of carboxylic acids is 1. The van der Waals surface area contributed by atoms with Crippen molar-refractivity contribution in [3.8, 4) is 5.75 Å². The summed E-state index contributed by atoms with van der Waals surface area (Å²) in [5.74, 6) is -1.75. The van der Waals surface area contributed by atoms with E-state index in [0.29, 0.717) is 5.75 Å². The SMILES string of the molecule is Cc1ccc(C(COc2cccc(F)c2)C(=O)O)s1. The summed E-state index contributed by atoms with van der Waals surface area (Å²) >= 11 is 1.43. The molecule has 1 unspecified atom stereocenters. The molecule has 100 valence electrons. The highest BCUT2D eigenvalue weighted by atomic mass is 32.1. The number of aliphatic carboxylic acids is 1. The van der Waals surface area contributed by atoms with Crippen LogP contribution in [0.25, 0.3) is 0 Å². The summed E-state index contributed by atoms with van der Waals surface area (Å²) in [6.07, 6.45) is 0. The van der Waals surface area contributed by atoms with Gasteiger partial charge in [-0.3, -0.25) is 4.79 Å². The maximum Gasteiger partial charge on any atom is 0.315 e. The van der Waals surface area contributed by atoms with Crippen LogP contribution in [0.1, 0.15) is 15.7 Å². The monoisotopic (exact) mass is 280 g/mol. The van der Waals surface area contributed by atoms with E-state index in [0.717, 1.165) is 9.75 Å². The van der Waals surface area contributed by atoms with Crippen LogP contribution in [0.4, 0.5) is 4.39 Å². The summed E-state index contributed by atoms with van der Waals surface area (Å²) in [5.41, 5.74) is 0. The third-order valence-corrected chi connectivity index (χ3v) is 3.73. The van der Waals surface area contributed by atoms with E-state index in [-0.39, 0.29) is 6.61 Å². The molecule has 0 aliphatic rings. The van der Waals surface area contributed by atoms with Crippen molar-refractivity contribution < 1.29 is 19.0 Å². The van der Waals surface area contributed by atoms with Gasteiger partial charge in [0.05, 0.1) is 0 Å². The minimum atomic E-state index is -0.946. The first-order chi connectivity index (χ1) is 9.06. The second-order valence-corrected chi connectivity index (χ2v) is 5.43. The van der Waals surface area contributed by atoms with E-state index in [1.807, 2.05) is 13.0 Å². The number of carboxylic acid groups (broad SMARTS) is 1. The lowest BCUT2D eigenvalue weighted by molar-refractivity contribution is -0.139. The molecule has 0 aliphatic heterocycles. The summed E-state index contributed by atoms with van der Waals surface area (Å²) < 4.78 is 18.3. The zero-order valence-electron chi connectivity index (χ0n) is 10.3. The van der Waals surface area contributed by atoms with Crippen LogP contribution in [-0.2, 0) is 4.79 Å². The standard InChI is InChI=1S/C14H13FO3S/c1-9-5-6-13(19-9)12(14(16)17)8-18-11-4-2-3-10(15)7-11/h2-7,12H,8H2,1H3,(H,16,17). The van der Waals surface area contributed by atoms with E-state index in [1.165, 1.54) is 29.5 Å². The van der Waals surface area contributed by atoms with Crippen molar-refractivity contribution in [1.29, 1.82) is 0 Å². The van der Waals surface area contributed by atoms with Crippen LogP contribution in [0.15, 0.2) is 36.4 Å². The average Bonchev–Trinajstić information content (AvgIpc) is 2.76. The fourth-order valence-electron chi connectivity index (χ4n) is 1.65. The number of carbonyl (C=O) groups is 1. The van der Waals surface area contributed by atoms with E-state index in [2.05, 4.69) is 0 Å². The van der Waals surface area contributed by atoms with Gasteiger partial charge in [0.1, 0.15) is 24.1 Å². The number of hydrogen-bond acceptors (Lipinski definition) is 3. The van der Waals surface area contributed by atoms with Crippen molar-refractivity contribution in [1.82, 2.24) is 0 Å². The van der Waals surface area contributed by atoms with Crippen LogP contribution >= 0.6 is 11.3 Å². The lowest BCUT2D eigenvalue weighted by Gasteiger charge is -2.12. The molecule has 0 saturated heterocycles. The van der Waals surface area contributed by atoms with Crippen molar-refractivity contribution >= 4 is 17.3 Å². The Hall–Kier alpha value is -1.88. The van der Waals surface area contributed by atoms with Gasteiger partial charge >= 0.3 is 5.97 Å². The number of thiophene rings is 1. The van der Waals surface area contributed by atoms with Crippen LogP contribution in [0.2, 0.25) is 0 Å². The molecule has 0 aliphatic carbocycles. The number of ether oxygens (including phenoxy) is 1. The fourth-order valence-corrected chi connectivity index (χ4v) is 2.61. The van der Waals surface area contributed by atoms with Crippen molar-refractivity contribution in [2.75, 3.05) is 6.61 Å². The van der Waals surface area contributed by atoms with Crippen LogP contribution in [-0.4, -0.2) is 17.7 Å². The first kappa shape index (κ1) is 13.5. The van der Waals surface area contributed by atoms with Gasteiger partial charge in [-0.25, -0.2) is 4.39 Å².